The first kappa shape index (κ1) is 13.5. The second-order valence-corrected chi connectivity index (χ2v) is 6.46. The highest BCUT2D eigenvalue weighted by atomic mass is 32.2. The molecule has 6 nitrogen and oxygen atoms in total. The zero-order chi connectivity index (χ0) is 13.3. The topological polar surface area (TPSA) is 58.4 Å². The van der Waals surface area contributed by atoms with E-state index in [9.17, 15) is 8.42 Å². The molecule has 0 atom stereocenters. The first-order valence-corrected chi connectivity index (χ1v) is 7.62. The third kappa shape index (κ3) is 2.30. The fraction of sp³-hybridized carbons (Fsp3) is 0.727. The number of rotatable bonds is 3. The number of hydrogen-bond acceptors (Lipinski definition) is 4. The molecule has 102 valence electrons. The lowest BCUT2D eigenvalue weighted by Gasteiger charge is -2.33. The van der Waals surface area contributed by atoms with E-state index in [1.54, 1.807) is 23.0 Å². The molecule has 1 saturated heterocycles. The average molecular weight is 272 g/mol. The standard InChI is InChI=1S/C11H20N4O2S/c1-4-14-5-7-15(8-6-14)18(16,17)11-9-12-13(3)10(11)2/h9H,4-8H2,1-3H3. The van der Waals surface area contributed by atoms with Gasteiger partial charge in [0.2, 0.25) is 10.0 Å². The summed E-state index contributed by atoms with van der Waals surface area (Å²) in [5.41, 5.74) is 0.688. The van der Waals surface area contributed by atoms with Crippen LogP contribution in [0.1, 0.15) is 12.6 Å². The van der Waals surface area contributed by atoms with Crippen molar-refractivity contribution in [2.75, 3.05) is 32.7 Å². The molecule has 0 radical (unpaired) electrons. The lowest BCUT2D eigenvalue weighted by molar-refractivity contribution is 0.196. The van der Waals surface area contributed by atoms with Crippen molar-refractivity contribution in [2.24, 2.45) is 7.05 Å². The van der Waals surface area contributed by atoms with Gasteiger partial charge in [0.25, 0.3) is 0 Å². The summed E-state index contributed by atoms with van der Waals surface area (Å²) in [5.74, 6) is 0. The van der Waals surface area contributed by atoms with Crippen molar-refractivity contribution in [3.05, 3.63) is 11.9 Å². The highest BCUT2D eigenvalue weighted by molar-refractivity contribution is 7.89. The number of likely N-dealkylation sites (N-methyl/N-ethyl adjacent to an activating group) is 1. The van der Waals surface area contributed by atoms with Crippen LogP contribution in [0.5, 0.6) is 0 Å². The molecule has 0 amide bonds. The summed E-state index contributed by atoms with van der Waals surface area (Å²) in [5, 5.41) is 4.01. The van der Waals surface area contributed by atoms with Crippen LogP contribution in [-0.4, -0.2) is 60.1 Å². The van der Waals surface area contributed by atoms with Gasteiger partial charge in [-0.25, -0.2) is 8.42 Å². The maximum absolute atomic E-state index is 12.5. The third-order valence-electron chi connectivity index (χ3n) is 3.59. The molecule has 0 aliphatic carbocycles. The summed E-state index contributed by atoms with van der Waals surface area (Å²) < 4.78 is 28.1. The normalized spacial score (nSPS) is 19.3. The van der Waals surface area contributed by atoms with E-state index in [1.165, 1.54) is 6.20 Å². The Morgan fingerprint density at radius 1 is 1.28 bits per heavy atom. The van der Waals surface area contributed by atoms with Crippen molar-refractivity contribution in [3.8, 4) is 0 Å². The third-order valence-corrected chi connectivity index (χ3v) is 5.59. The molecule has 0 unspecified atom stereocenters. The first-order chi connectivity index (χ1) is 8.46. The van der Waals surface area contributed by atoms with Crippen LogP contribution in [-0.2, 0) is 17.1 Å². The number of sulfonamides is 1. The van der Waals surface area contributed by atoms with Crippen molar-refractivity contribution in [3.63, 3.8) is 0 Å². The van der Waals surface area contributed by atoms with E-state index >= 15 is 0 Å². The Bertz CT molecular complexity index is 515. The Morgan fingerprint density at radius 2 is 1.89 bits per heavy atom. The van der Waals surface area contributed by atoms with Crippen molar-refractivity contribution < 1.29 is 8.42 Å². The van der Waals surface area contributed by atoms with Crippen LogP contribution in [0.3, 0.4) is 0 Å². The summed E-state index contributed by atoms with van der Waals surface area (Å²) >= 11 is 0. The fourth-order valence-corrected chi connectivity index (χ4v) is 3.76. The maximum atomic E-state index is 12.5. The van der Waals surface area contributed by atoms with E-state index in [4.69, 9.17) is 0 Å². The van der Waals surface area contributed by atoms with Gasteiger partial charge in [0.15, 0.2) is 0 Å². The van der Waals surface area contributed by atoms with E-state index in [0.717, 1.165) is 19.6 Å². The Balaban J connectivity index is 2.20. The van der Waals surface area contributed by atoms with E-state index < -0.39 is 10.0 Å². The van der Waals surface area contributed by atoms with Gasteiger partial charge < -0.3 is 4.90 Å². The van der Waals surface area contributed by atoms with Crippen LogP contribution in [0, 0.1) is 6.92 Å². The molecule has 7 heteroatoms. The Kier molecular flexibility index (Phi) is 3.74. The van der Waals surface area contributed by atoms with Crippen LogP contribution in [0.25, 0.3) is 0 Å². The summed E-state index contributed by atoms with van der Waals surface area (Å²) in [6.07, 6.45) is 1.44. The Labute approximate surface area is 108 Å². The van der Waals surface area contributed by atoms with E-state index in [-0.39, 0.29) is 0 Å². The molecule has 2 heterocycles. The van der Waals surface area contributed by atoms with E-state index in [0.29, 0.717) is 23.7 Å². The molecular weight excluding hydrogens is 252 g/mol. The molecular formula is C11H20N4O2S. The molecule has 0 aromatic carbocycles. The molecule has 0 saturated carbocycles. The number of hydrogen-bond donors (Lipinski definition) is 0. The largest absolute Gasteiger partial charge is 0.301 e. The van der Waals surface area contributed by atoms with Gasteiger partial charge in [-0.1, -0.05) is 6.92 Å². The van der Waals surface area contributed by atoms with Gasteiger partial charge in [-0.05, 0) is 13.5 Å². The predicted octanol–water partition coefficient (Wildman–Crippen LogP) is 0.0547. The van der Waals surface area contributed by atoms with Gasteiger partial charge >= 0.3 is 0 Å². The second-order valence-electron chi connectivity index (χ2n) is 4.56. The summed E-state index contributed by atoms with van der Waals surface area (Å²) in [7, 11) is -1.63. The van der Waals surface area contributed by atoms with Crippen LogP contribution in [0.2, 0.25) is 0 Å². The monoisotopic (exact) mass is 272 g/mol. The molecule has 0 spiro atoms. The minimum absolute atomic E-state index is 0.329. The van der Waals surface area contributed by atoms with Gasteiger partial charge in [0.05, 0.1) is 11.9 Å². The van der Waals surface area contributed by atoms with Crippen LogP contribution in [0.15, 0.2) is 11.1 Å². The highest BCUT2D eigenvalue weighted by Crippen LogP contribution is 2.20. The minimum Gasteiger partial charge on any atom is -0.301 e. The molecule has 1 aliphatic rings. The lowest BCUT2D eigenvalue weighted by Crippen LogP contribution is -2.48. The van der Waals surface area contributed by atoms with E-state index in [2.05, 4.69) is 16.9 Å². The number of nitrogens with zero attached hydrogens (tertiary/aromatic N) is 4. The van der Waals surface area contributed by atoms with Gasteiger partial charge in [-0.2, -0.15) is 9.40 Å². The van der Waals surface area contributed by atoms with Gasteiger partial charge in [-0.15, -0.1) is 0 Å². The summed E-state index contributed by atoms with van der Waals surface area (Å²) in [4.78, 5) is 2.58. The zero-order valence-corrected chi connectivity index (χ0v) is 11.9. The summed E-state index contributed by atoms with van der Waals surface area (Å²) in [6, 6.07) is 0. The quantitative estimate of drug-likeness (QED) is 0.780. The van der Waals surface area contributed by atoms with Crippen LogP contribution in [0.4, 0.5) is 0 Å². The number of piperazine rings is 1. The minimum atomic E-state index is -3.38. The molecule has 1 aromatic rings. The number of aromatic nitrogens is 2. The van der Waals surface area contributed by atoms with Gasteiger partial charge in [-0.3, -0.25) is 4.68 Å². The van der Waals surface area contributed by atoms with Crippen molar-refractivity contribution in [2.45, 2.75) is 18.7 Å². The van der Waals surface area contributed by atoms with Crippen molar-refractivity contribution in [1.29, 1.82) is 0 Å². The smallest absolute Gasteiger partial charge is 0.246 e. The van der Waals surface area contributed by atoms with Crippen LogP contribution < -0.4 is 0 Å². The SMILES string of the molecule is CCN1CCN(S(=O)(=O)c2cnn(C)c2C)CC1. The molecule has 1 fully saturated rings. The lowest BCUT2D eigenvalue weighted by atomic mass is 10.4. The molecule has 1 aromatic heterocycles. The molecule has 0 N–H and O–H groups in total. The maximum Gasteiger partial charge on any atom is 0.246 e. The highest BCUT2D eigenvalue weighted by Gasteiger charge is 2.30. The predicted molar refractivity (Wildman–Crippen MR) is 68.8 cm³/mol. The summed E-state index contributed by atoms with van der Waals surface area (Å²) in [6.45, 7) is 7.57. The average Bonchev–Trinajstić information content (AvgIpc) is 2.70. The van der Waals surface area contributed by atoms with Crippen molar-refractivity contribution >= 4 is 10.0 Å². The second kappa shape index (κ2) is 4.99. The van der Waals surface area contributed by atoms with Gasteiger partial charge in [0, 0.05) is 33.2 Å². The van der Waals surface area contributed by atoms with E-state index in [1.807, 2.05) is 0 Å². The van der Waals surface area contributed by atoms with Crippen LogP contribution >= 0.6 is 0 Å². The zero-order valence-electron chi connectivity index (χ0n) is 11.1. The molecule has 0 bridgehead atoms. The fourth-order valence-electron chi connectivity index (χ4n) is 2.16. The molecule has 18 heavy (non-hydrogen) atoms. The Morgan fingerprint density at radius 3 is 2.33 bits per heavy atom. The van der Waals surface area contributed by atoms with Crippen molar-refractivity contribution in [1.82, 2.24) is 19.0 Å². The Hall–Kier alpha value is -0.920. The molecule has 1 aliphatic heterocycles. The molecule has 2 rings (SSSR count). The van der Waals surface area contributed by atoms with Gasteiger partial charge in [0.1, 0.15) is 4.90 Å². The first-order valence-electron chi connectivity index (χ1n) is 6.18. The number of aryl methyl sites for hydroxylation is 1.